The number of carboxylic acids is 1. The van der Waals surface area contributed by atoms with Crippen molar-refractivity contribution in [1.82, 2.24) is 4.90 Å². The van der Waals surface area contributed by atoms with E-state index in [4.69, 9.17) is 0 Å². The monoisotopic (exact) mass is 259 g/mol. The molecule has 1 heterocycles. The third kappa shape index (κ3) is 1.91. The van der Waals surface area contributed by atoms with Crippen LogP contribution in [0.4, 0.5) is 0 Å². The Bertz CT molecular complexity index is 534. The molecule has 1 aromatic rings. The Kier molecular flexibility index (Phi) is 2.81. The molecule has 1 amide bonds. The highest BCUT2D eigenvalue weighted by molar-refractivity contribution is 5.97. The van der Waals surface area contributed by atoms with Crippen LogP contribution in [0.5, 0.6) is 0 Å². The summed E-state index contributed by atoms with van der Waals surface area (Å²) < 4.78 is 0. The van der Waals surface area contributed by atoms with Crippen LogP contribution in [0.2, 0.25) is 0 Å². The van der Waals surface area contributed by atoms with Gasteiger partial charge in [-0.1, -0.05) is 24.6 Å². The van der Waals surface area contributed by atoms with Crippen molar-refractivity contribution < 1.29 is 14.7 Å². The Morgan fingerprint density at radius 3 is 2.68 bits per heavy atom. The van der Waals surface area contributed by atoms with Crippen LogP contribution < -0.4 is 0 Å². The molecule has 1 N–H and O–H groups in total. The van der Waals surface area contributed by atoms with Gasteiger partial charge >= 0.3 is 5.97 Å². The van der Waals surface area contributed by atoms with Gasteiger partial charge in [0.05, 0.1) is 5.41 Å². The number of rotatable bonds is 3. The highest BCUT2D eigenvalue weighted by atomic mass is 16.4. The largest absolute Gasteiger partial charge is 0.481 e. The molecule has 1 aliphatic heterocycles. The Balaban J connectivity index is 1.81. The van der Waals surface area contributed by atoms with E-state index < -0.39 is 11.4 Å². The molecule has 0 atom stereocenters. The van der Waals surface area contributed by atoms with Gasteiger partial charge in [-0.3, -0.25) is 9.59 Å². The number of carbonyl (C=O) groups excluding carboxylic acids is 1. The van der Waals surface area contributed by atoms with Crippen LogP contribution in [0.1, 0.15) is 35.2 Å². The SMILES string of the molecule is O=C1c2ccccc2CCN1CC1(C(=O)O)CCC1. The van der Waals surface area contributed by atoms with Crippen molar-refractivity contribution in [2.75, 3.05) is 13.1 Å². The first kappa shape index (κ1) is 12.2. The molecule has 1 aliphatic carbocycles. The molecule has 3 rings (SSSR count). The van der Waals surface area contributed by atoms with Crippen LogP contribution in [-0.4, -0.2) is 35.0 Å². The van der Waals surface area contributed by atoms with Gasteiger partial charge in [-0.15, -0.1) is 0 Å². The molecule has 100 valence electrons. The molecule has 1 fully saturated rings. The fourth-order valence-electron chi connectivity index (χ4n) is 3.03. The van der Waals surface area contributed by atoms with E-state index in [1.54, 1.807) is 4.90 Å². The number of hydrogen-bond acceptors (Lipinski definition) is 2. The molecule has 4 nitrogen and oxygen atoms in total. The van der Waals surface area contributed by atoms with Crippen molar-refractivity contribution in [1.29, 1.82) is 0 Å². The Hall–Kier alpha value is -1.84. The average Bonchev–Trinajstić information content (AvgIpc) is 2.36. The molecule has 4 heteroatoms. The topological polar surface area (TPSA) is 57.6 Å². The lowest BCUT2D eigenvalue weighted by Gasteiger charge is -2.42. The molecule has 0 saturated heterocycles. The number of fused-ring (bicyclic) bond motifs is 1. The first-order valence-electron chi connectivity index (χ1n) is 6.73. The van der Waals surface area contributed by atoms with Gasteiger partial charge in [-0.25, -0.2) is 0 Å². The number of amides is 1. The maximum absolute atomic E-state index is 12.4. The number of aliphatic carboxylic acids is 1. The fourth-order valence-corrected chi connectivity index (χ4v) is 3.03. The molecule has 0 bridgehead atoms. The van der Waals surface area contributed by atoms with Gasteiger partial charge in [0.2, 0.25) is 0 Å². The quantitative estimate of drug-likeness (QED) is 0.902. The Morgan fingerprint density at radius 1 is 1.32 bits per heavy atom. The van der Waals surface area contributed by atoms with Crippen LogP contribution >= 0.6 is 0 Å². The zero-order valence-corrected chi connectivity index (χ0v) is 10.8. The van der Waals surface area contributed by atoms with Gasteiger partial charge in [0, 0.05) is 18.7 Å². The van der Waals surface area contributed by atoms with Gasteiger partial charge < -0.3 is 10.0 Å². The van der Waals surface area contributed by atoms with E-state index in [2.05, 4.69) is 0 Å². The zero-order chi connectivity index (χ0) is 13.5. The van der Waals surface area contributed by atoms with Gasteiger partial charge in [0.25, 0.3) is 5.91 Å². The molecular weight excluding hydrogens is 242 g/mol. The molecule has 0 unspecified atom stereocenters. The normalized spacial score (nSPS) is 20.6. The lowest BCUT2D eigenvalue weighted by atomic mass is 9.68. The van der Waals surface area contributed by atoms with Crippen molar-refractivity contribution in [3.05, 3.63) is 35.4 Å². The molecule has 1 aromatic carbocycles. The second-order valence-electron chi connectivity index (χ2n) is 5.57. The highest BCUT2D eigenvalue weighted by Gasteiger charge is 2.46. The van der Waals surface area contributed by atoms with E-state index in [-0.39, 0.29) is 5.91 Å². The van der Waals surface area contributed by atoms with Crippen LogP contribution in [0, 0.1) is 5.41 Å². The van der Waals surface area contributed by atoms with Crippen LogP contribution in [-0.2, 0) is 11.2 Å². The molecule has 0 spiro atoms. The van der Waals surface area contributed by atoms with E-state index >= 15 is 0 Å². The average molecular weight is 259 g/mol. The molecule has 1 saturated carbocycles. The third-order valence-corrected chi connectivity index (χ3v) is 4.44. The van der Waals surface area contributed by atoms with Gasteiger partial charge in [-0.05, 0) is 30.9 Å². The number of hydrogen-bond donors (Lipinski definition) is 1. The van der Waals surface area contributed by atoms with Gasteiger partial charge in [0.15, 0.2) is 0 Å². The van der Waals surface area contributed by atoms with Crippen molar-refractivity contribution in [2.45, 2.75) is 25.7 Å². The van der Waals surface area contributed by atoms with Crippen molar-refractivity contribution in [2.24, 2.45) is 5.41 Å². The van der Waals surface area contributed by atoms with Crippen molar-refractivity contribution >= 4 is 11.9 Å². The standard InChI is InChI=1S/C15H17NO3/c17-13-12-5-2-1-4-11(12)6-9-16(13)10-15(14(18)19)7-3-8-15/h1-2,4-5H,3,6-10H2,(H,18,19). The summed E-state index contributed by atoms with van der Waals surface area (Å²) in [6.45, 7) is 0.986. The zero-order valence-electron chi connectivity index (χ0n) is 10.8. The molecule has 2 aliphatic rings. The van der Waals surface area contributed by atoms with E-state index in [0.29, 0.717) is 25.9 Å². The Labute approximate surface area is 112 Å². The van der Waals surface area contributed by atoms with Gasteiger partial charge in [-0.2, -0.15) is 0 Å². The number of carbonyl (C=O) groups is 2. The van der Waals surface area contributed by atoms with Crippen molar-refractivity contribution in [3.63, 3.8) is 0 Å². The van der Waals surface area contributed by atoms with Crippen LogP contribution in [0.25, 0.3) is 0 Å². The maximum atomic E-state index is 12.4. The summed E-state index contributed by atoms with van der Waals surface area (Å²) in [4.78, 5) is 25.5. The van der Waals surface area contributed by atoms with E-state index in [9.17, 15) is 14.7 Å². The van der Waals surface area contributed by atoms with E-state index in [1.807, 2.05) is 24.3 Å². The second kappa shape index (κ2) is 4.37. The minimum atomic E-state index is -0.759. The summed E-state index contributed by atoms with van der Waals surface area (Å²) in [7, 11) is 0. The Morgan fingerprint density at radius 2 is 2.05 bits per heavy atom. The minimum Gasteiger partial charge on any atom is -0.481 e. The predicted molar refractivity (Wildman–Crippen MR) is 70.0 cm³/mol. The summed E-state index contributed by atoms with van der Waals surface area (Å²) in [5.74, 6) is -0.778. The predicted octanol–water partition coefficient (Wildman–Crippen LogP) is 1.94. The smallest absolute Gasteiger partial charge is 0.311 e. The minimum absolute atomic E-state index is 0.0191. The maximum Gasteiger partial charge on any atom is 0.311 e. The third-order valence-electron chi connectivity index (χ3n) is 4.44. The summed E-state index contributed by atoms with van der Waals surface area (Å²) in [5, 5.41) is 9.36. The lowest BCUT2D eigenvalue weighted by Crippen LogP contribution is -2.51. The lowest BCUT2D eigenvalue weighted by molar-refractivity contribution is -0.155. The molecule has 19 heavy (non-hydrogen) atoms. The highest BCUT2D eigenvalue weighted by Crippen LogP contribution is 2.42. The van der Waals surface area contributed by atoms with Crippen LogP contribution in [0.15, 0.2) is 24.3 Å². The number of carboxylic acid groups (broad SMARTS) is 1. The number of benzene rings is 1. The second-order valence-corrected chi connectivity index (χ2v) is 5.57. The first-order valence-corrected chi connectivity index (χ1v) is 6.73. The summed E-state index contributed by atoms with van der Waals surface area (Å²) in [5.41, 5.74) is 1.11. The molecule has 0 radical (unpaired) electrons. The summed E-state index contributed by atoms with van der Waals surface area (Å²) >= 11 is 0. The number of nitrogens with zero attached hydrogens (tertiary/aromatic N) is 1. The molecular formula is C15H17NO3. The van der Waals surface area contributed by atoms with E-state index in [1.165, 1.54) is 0 Å². The van der Waals surface area contributed by atoms with Crippen molar-refractivity contribution in [3.8, 4) is 0 Å². The van der Waals surface area contributed by atoms with E-state index in [0.717, 1.165) is 24.0 Å². The first-order chi connectivity index (χ1) is 9.12. The molecule has 0 aromatic heterocycles. The van der Waals surface area contributed by atoms with Crippen LogP contribution in [0.3, 0.4) is 0 Å². The fraction of sp³-hybridized carbons (Fsp3) is 0.467. The summed E-state index contributed by atoms with van der Waals surface area (Å²) in [6.07, 6.45) is 3.14. The summed E-state index contributed by atoms with van der Waals surface area (Å²) in [6, 6.07) is 7.60. The van der Waals surface area contributed by atoms with Gasteiger partial charge in [0.1, 0.15) is 0 Å².